The quantitative estimate of drug-likeness (QED) is 0.627. The number of pyridine rings is 1. The Bertz CT molecular complexity index is 710. The fourth-order valence-electron chi connectivity index (χ4n) is 2.47. The molecular formula is C17H16N2O3. The molecule has 0 atom stereocenters. The van der Waals surface area contributed by atoms with Crippen LogP contribution in [0.25, 0.3) is 0 Å². The standard InChI is InChI=1S/C17H16N2O3/c1-12-2-5-17(18-9-12)22-10-16(21)14-3-4-15-13(8-14)6-7-19(15)11-20/h2-5,8-9,11H,6-7,10H2,1H3. The van der Waals surface area contributed by atoms with Crippen molar-refractivity contribution in [1.29, 1.82) is 0 Å². The molecule has 22 heavy (non-hydrogen) atoms. The fourth-order valence-corrected chi connectivity index (χ4v) is 2.47. The number of benzene rings is 1. The van der Waals surface area contributed by atoms with Gasteiger partial charge in [-0.15, -0.1) is 0 Å². The molecule has 0 bridgehead atoms. The van der Waals surface area contributed by atoms with Crippen molar-refractivity contribution in [1.82, 2.24) is 4.98 Å². The van der Waals surface area contributed by atoms with E-state index in [1.54, 1.807) is 23.2 Å². The van der Waals surface area contributed by atoms with Crippen molar-refractivity contribution < 1.29 is 14.3 Å². The molecule has 1 aliphatic rings. The zero-order chi connectivity index (χ0) is 15.5. The van der Waals surface area contributed by atoms with Crippen molar-refractivity contribution >= 4 is 17.9 Å². The summed E-state index contributed by atoms with van der Waals surface area (Å²) in [5, 5.41) is 0. The third-order valence-electron chi connectivity index (χ3n) is 3.70. The smallest absolute Gasteiger partial charge is 0.214 e. The van der Waals surface area contributed by atoms with Gasteiger partial charge in [0.15, 0.2) is 12.4 Å². The number of anilines is 1. The summed E-state index contributed by atoms with van der Waals surface area (Å²) in [6.07, 6.45) is 3.29. The van der Waals surface area contributed by atoms with Crippen LogP contribution in [-0.2, 0) is 11.2 Å². The molecule has 0 saturated carbocycles. The van der Waals surface area contributed by atoms with Gasteiger partial charge in [0, 0.05) is 30.1 Å². The number of fused-ring (bicyclic) bond motifs is 1. The van der Waals surface area contributed by atoms with E-state index >= 15 is 0 Å². The minimum atomic E-state index is -0.102. The molecule has 3 rings (SSSR count). The van der Waals surface area contributed by atoms with Crippen LogP contribution >= 0.6 is 0 Å². The summed E-state index contributed by atoms with van der Waals surface area (Å²) in [6.45, 7) is 2.56. The number of hydrogen-bond acceptors (Lipinski definition) is 4. The van der Waals surface area contributed by atoms with E-state index in [0.29, 0.717) is 18.0 Å². The van der Waals surface area contributed by atoms with E-state index in [1.807, 2.05) is 25.1 Å². The number of carbonyl (C=O) groups excluding carboxylic acids is 2. The Morgan fingerprint density at radius 3 is 2.95 bits per heavy atom. The summed E-state index contributed by atoms with van der Waals surface area (Å²) >= 11 is 0. The molecule has 0 aliphatic carbocycles. The second-order valence-corrected chi connectivity index (χ2v) is 5.28. The first-order valence-corrected chi connectivity index (χ1v) is 7.11. The molecule has 0 spiro atoms. The summed E-state index contributed by atoms with van der Waals surface area (Å²) in [7, 11) is 0. The van der Waals surface area contributed by atoms with E-state index in [0.717, 1.165) is 29.6 Å². The highest BCUT2D eigenvalue weighted by atomic mass is 16.5. The summed E-state index contributed by atoms with van der Waals surface area (Å²) in [5.74, 6) is 0.335. The van der Waals surface area contributed by atoms with Gasteiger partial charge in [-0.2, -0.15) is 0 Å². The number of ketones is 1. The minimum Gasteiger partial charge on any atom is -0.469 e. The predicted molar refractivity (Wildman–Crippen MR) is 82.4 cm³/mol. The highest BCUT2D eigenvalue weighted by Gasteiger charge is 2.20. The number of rotatable bonds is 5. The van der Waals surface area contributed by atoms with Crippen molar-refractivity contribution in [2.24, 2.45) is 0 Å². The SMILES string of the molecule is Cc1ccc(OCC(=O)c2ccc3c(c2)CCN3C=O)nc1. The fraction of sp³-hybridized carbons (Fsp3) is 0.235. The highest BCUT2D eigenvalue weighted by molar-refractivity contribution is 5.98. The second kappa shape index (κ2) is 5.97. The van der Waals surface area contributed by atoms with E-state index in [-0.39, 0.29) is 12.4 Å². The number of ether oxygens (including phenoxy) is 1. The van der Waals surface area contributed by atoms with Crippen LogP contribution < -0.4 is 9.64 Å². The van der Waals surface area contributed by atoms with Crippen LogP contribution in [0.1, 0.15) is 21.5 Å². The molecule has 5 heteroatoms. The van der Waals surface area contributed by atoms with E-state index in [2.05, 4.69) is 4.98 Å². The molecule has 0 saturated heterocycles. The first-order chi connectivity index (χ1) is 10.7. The Balaban J connectivity index is 1.68. The maximum absolute atomic E-state index is 12.2. The Morgan fingerprint density at radius 2 is 2.23 bits per heavy atom. The number of amides is 1. The molecule has 1 aromatic carbocycles. The average molecular weight is 296 g/mol. The first kappa shape index (κ1) is 14.3. The zero-order valence-corrected chi connectivity index (χ0v) is 12.3. The van der Waals surface area contributed by atoms with E-state index in [4.69, 9.17) is 4.74 Å². The predicted octanol–water partition coefficient (Wildman–Crippen LogP) is 2.17. The summed E-state index contributed by atoms with van der Waals surface area (Å²) in [6, 6.07) is 9.01. The summed E-state index contributed by atoms with van der Waals surface area (Å²) in [5.41, 5.74) is 3.54. The Hall–Kier alpha value is -2.69. The number of carbonyl (C=O) groups is 2. The Labute approximate surface area is 128 Å². The van der Waals surface area contributed by atoms with Gasteiger partial charge in [0.1, 0.15) is 0 Å². The van der Waals surface area contributed by atoms with Gasteiger partial charge in [-0.05, 0) is 42.7 Å². The van der Waals surface area contributed by atoms with Crippen LogP contribution in [-0.4, -0.2) is 30.3 Å². The second-order valence-electron chi connectivity index (χ2n) is 5.28. The van der Waals surface area contributed by atoms with E-state index in [1.165, 1.54) is 0 Å². The van der Waals surface area contributed by atoms with Crippen LogP contribution in [0.5, 0.6) is 5.88 Å². The van der Waals surface area contributed by atoms with Gasteiger partial charge < -0.3 is 9.64 Å². The average Bonchev–Trinajstić information content (AvgIpc) is 2.96. The van der Waals surface area contributed by atoms with Crippen LogP contribution in [0.15, 0.2) is 36.5 Å². The molecule has 0 unspecified atom stereocenters. The number of aryl methyl sites for hydroxylation is 1. The monoisotopic (exact) mass is 296 g/mol. The van der Waals surface area contributed by atoms with Crippen LogP contribution in [0, 0.1) is 6.92 Å². The van der Waals surface area contributed by atoms with Crippen molar-refractivity contribution in [3.05, 3.63) is 53.2 Å². The third kappa shape index (κ3) is 2.83. The molecule has 1 aliphatic heterocycles. The van der Waals surface area contributed by atoms with Crippen molar-refractivity contribution in [2.45, 2.75) is 13.3 Å². The van der Waals surface area contributed by atoms with Crippen LogP contribution in [0.2, 0.25) is 0 Å². The number of nitrogens with zero attached hydrogens (tertiary/aromatic N) is 2. The molecule has 5 nitrogen and oxygen atoms in total. The van der Waals surface area contributed by atoms with Crippen LogP contribution in [0.4, 0.5) is 5.69 Å². The Morgan fingerprint density at radius 1 is 1.36 bits per heavy atom. The lowest BCUT2D eigenvalue weighted by atomic mass is 10.1. The molecule has 0 fully saturated rings. The Kier molecular flexibility index (Phi) is 3.87. The van der Waals surface area contributed by atoms with Crippen LogP contribution in [0.3, 0.4) is 0 Å². The van der Waals surface area contributed by atoms with E-state index in [9.17, 15) is 9.59 Å². The van der Waals surface area contributed by atoms with Gasteiger partial charge in [0.05, 0.1) is 0 Å². The van der Waals surface area contributed by atoms with Gasteiger partial charge in [0.2, 0.25) is 12.3 Å². The van der Waals surface area contributed by atoms with Gasteiger partial charge in [0.25, 0.3) is 0 Å². The zero-order valence-electron chi connectivity index (χ0n) is 12.3. The molecule has 112 valence electrons. The lowest BCUT2D eigenvalue weighted by Crippen LogP contribution is -2.17. The molecule has 2 aromatic rings. The summed E-state index contributed by atoms with van der Waals surface area (Å²) < 4.78 is 5.41. The number of aromatic nitrogens is 1. The first-order valence-electron chi connectivity index (χ1n) is 7.11. The van der Waals surface area contributed by atoms with E-state index < -0.39 is 0 Å². The summed E-state index contributed by atoms with van der Waals surface area (Å²) in [4.78, 5) is 28.9. The highest BCUT2D eigenvalue weighted by Crippen LogP contribution is 2.27. The lowest BCUT2D eigenvalue weighted by Gasteiger charge is -2.10. The van der Waals surface area contributed by atoms with Crippen molar-refractivity contribution in [3.8, 4) is 5.88 Å². The lowest BCUT2D eigenvalue weighted by molar-refractivity contribution is -0.107. The number of hydrogen-bond donors (Lipinski definition) is 0. The van der Waals surface area contributed by atoms with Crippen molar-refractivity contribution in [3.63, 3.8) is 0 Å². The topological polar surface area (TPSA) is 59.5 Å². The van der Waals surface area contributed by atoms with Gasteiger partial charge in [-0.1, -0.05) is 6.07 Å². The molecule has 0 radical (unpaired) electrons. The molecular weight excluding hydrogens is 280 g/mol. The molecule has 1 amide bonds. The normalized spacial score (nSPS) is 12.9. The number of Topliss-reactive ketones (excluding diaryl/α,β-unsaturated/α-hetero) is 1. The van der Waals surface area contributed by atoms with Gasteiger partial charge >= 0.3 is 0 Å². The maximum Gasteiger partial charge on any atom is 0.214 e. The van der Waals surface area contributed by atoms with Gasteiger partial charge in [-0.3, -0.25) is 9.59 Å². The molecule has 1 aromatic heterocycles. The van der Waals surface area contributed by atoms with Gasteiger partial charge in [-0.25, -0.2) is 4.98 Å². The van der Waals surface area contributed by atoms with Crippen molar-refractivity contribution in [2.75, 3.05) is 18.1 Å². The largest absolute Gasteiger partial charge is 0.469 e. The molecule has 2 heterocycles. The maximum atomic E-state index is 12.2. The molecule has 0 N–H and O–H groups in total. The minimum absolute atomic E-state index is 0.0494. The third-order valence-corrected chi connectivity index (χ3v) is 3.70.